The van der Waals surface area contributed by atoms with Crippen molar-refractivity contribution in [2.45, 2.75) is 26.2 Å². The minimum Gasteiger partial charge on any atom is -0.497 e. The van der Waals surface area contributed by atoms with E-state index in [2.05, 4.69) is 4.74 Å². The highest BCUT2D eigenvalue weighted by Crippen LogP contribution is 2.19. The molecule has 1 unspecified atom stereocenters. The quantitative estimate of drug-likeness (QED) is 0.715. The lowest BCUT2D eigenvalue weighted by atomic mass is 10.2. The minimum atomic E-state index is -2.86. The number of likely N-dealkylation sites (N-methyl/N-ethyl adjacent to an activating group) is 1. The molecule has 0 saturated heterocycles. The predicted molar refractivity (Wildman–Crippen MR) is 92.6 cm³/mol. The lowest BCUT2D eigenvalue weighted by Crippen LogP contribution is -2.37. The van der Waals surface area contributed by atoms with Crippen molar-refractivity contribution in [1.82, 2.24) is 4.90 Å². The van der Waals surface area contributed by atoms with Gasteiger partial charge in [0.25, 0.3) is 5.91 Å². The van der Waals surface area contributed by atoms with Gasteiger partial charge in [0.1, 0.15) is 17.2 Å². The standard InChI is InChI=1S/C19H21F2NO4/c1-13(25-16-10-8-15(24-3)9-11-16)18(23)22(2)12-14-4-6-17(7-5-14)26-19(20)21/h4-11,13,19H,12H2,1-3H3. The Kier molecular flexibility index (Phi) is 6.77. The van der Waals surface area contributed by atoms with E-state index in [1.807, 2.05) is 0 Å². The zero-order chi connectivity index (χ0) is 19.1. The molecule has 0 spiro atoms. The van der Waals surface area contributed by atoms with E-state index in [1.54, 1.807) is 57.5 Å². The van der Waals surface area contributed by atoms with Gasteiger partial charge in [-0.3, -0.25) is 4.79 Å². The van der Waals surface area contributed by atoms with Crippen molar-refractivity contribution in [1.29, 1.82) is 0 Å². The van der Waals surface area contributed by atoms with E-state index in [-0.39, 0.29) is 11.7 Å². The molecule has 1 amide bonds. The smallest absolute Gasteiger partial charge is 0.387 e. The summed E-state index contributed by atoms with van der Waals surface area (Å²) in [5, 5.41) is 0. The molecule has 1 atom stereocenters. The number of carbonyl (C=O) groups is 1. The number of benzene rings is 2. The van der Waals surface area contributed by atoms with Gasteiger partial charge >= 0.3 is 6.61 Å². The first-order valence-corrected chi connectivity index (χ1v) is 7.98. The van der Waals surface area contributed by atoms with Gasteiger partial charge in [-0.2, -0.15) is 8.78 Å². The second-order valence-electron chi connectivity index (χ2n) is 5.65. The Balaban J connectivity index is 1.90. The van der Waals surface area contributed by atoms with Gasteiger partial charge < -0.3 is 19.1 Å². The van der Waals surface area contributed by atoms with Crippen molar-refractivity contribution in [3.8, 4) is 17.2 Å². The second kappa shape index (κ2) is 9.03. The van der Waals surface area contributed by atoms with Crippen LogP contribution in [0.25, 0.3) is 0 Å². The Morgan fingerprint density at radius 3 is 2.00 bits per heavy atom. The van der Waals surface area contributed by atoms with Gasteiger partial charge in [-0.05, 0) is 48.9 Å². The van der Waals surface area contributed by atoms with E-state index >= 15 is 0 Å². The fourth-order valence-electron chi connectivity index (χ4n) is 2.35. The van der Waals surface area contributed by atoms with Crippen LogP contribution in [-0.2, 0) is 11.3 Å². The van der Waals surface area contributed by atoms with Crippen LogP contribution in [0.5, 0.6) is 17.2 Å². The van der Waals surface area contributed by atoms with Crippen LogP contribution in [0.4, 0.5) is 8.78 Å². The second-order valence-corrected chi connectivity index (χ2v) is 5.65. The van der Waals surface area contributed by atoms with Gasteiger partial charge in [-0.15, -0.1) is 0 Å². The maximum atomic E-state index is 12.4. The zero-order valence-corrected chi connectivity index (χ0v) is 14.8. The van der Waals surface area contributed by atoms with Crippen molar-refractivity contribution in [3.05, 3.63) is 54.1 Å². The molecule has 2 aromatic carbocycles. The molecule has 0 aliphatic carbocycles. The summed E-state index contributed by atoms with van der Waals surface area (Å²) in [5.74, 6) is 1.14. The maximum absolute atomic E-state index is 12.4. The Morgan fingerprint density at radius 2 is 1.46 bits per heavy atom. The van der Waals surface area contributed by atoms with Crippen LogP contribution in [0.3, 0.4) is 0 Å². The summed E-state index contributed by atoms with van der Waals surface area (Å²) in [6.45, 7) is -0.867. The van der Waals surface area contributed by atoms with E-state index < -0.39 is 12.7 Å². The molecule has 140 valence electrons. The molecule has 0 saturated carbocycles. The molecule has 5 nitrogen and oxygen atoms in total. The van der Waals surface area contributed by atoms with Crippen LogP contribution in [0.15, 0.2) is 48.5 Å². The highest BCUT2D eigenvalue weighted by molar-refractivity contribution is 5.80. The van der Waals surface area contributed by atoms with Crippen LogP contribution >= 0.6 is 0 Å². The summed E-state index contributed by atoms with van der Waals surface area (Å²) in [4.78, 5) is 14.0. The summed E-state index contributed by atoms with van der Waals surface area (Å²) in [5.41, 5.74) is 0.791. The molecule has 2 rings (SSSR count). The summed E-state index contributed by atoms with van der Waals surface area (Å²) in [6, 6.07) is 13.1. The van der Waals surface area contributed by atoms with Crippen LogP contribution in [0.1, 0.15) is 12.5 Å². The number of rotatable bonds is 8. The molecule has 7 heteroatoms. The van der Waals surface area contributed by atoms with Gasteiger partial charge in [-0.25, -0.2) is 0 Å². The largest absolute Gasteiger partial charge is 0.497 e. The monoisotopic (exact) mass is 365 g/mol. The van der Waals surface area contributed by atoms with E-state index in [9.17, 15) is 13.6 Å². The normalized spacial score (nSPS) is 11.8. The minimum absolute atomic E-state index is 0.0777. The molecule has 0 N–H and O–H groups in total. The highest BCUT2D eigenvalue weighted by atomic mass is 19.3. The average Bonchev–Trinajstić information content (AvgIpc) is 2.62. The predicted octanol–water partition coefficient (Wildman–Crippen LogP) is 3.72. The van der Waals surface area contributed by atoms with Crippen molar-refractivity contribution < 1.29 is 27.8 Å². The average molecular weight is 365 g/mol. The summed E-state index contributed by atoms with van der Waals surface area (Å²) in [6.07, 6.45) is -0.671. The SMILES string of the molecule is COc1ccc(OC(C)C(=O)N(C)Cc2ccc(OC(F)F)cc2)cc1. The summed E-state index contributed by atoms with van der Waals surface area (Å²) < 4.78 is 39.3. The molecule has 0 aliphatic heterocycles. The lowest BCUT2D eigenvalue weighted by molar-refractivity contribution is -0.137. The van der Waals surface area contributed by atoms with Crippen molar-refractivity contribution in [2.75, 3.05) is 14.2 Å². The first-order valence-electron chi connectivity index (χ1n) is 7.98. The highest BCUT2D eigenvalue weighted by Gasteiger charge is 2.19. The number of amides is 1. The van der Waals surface area contributed by atoms with E-state index in [0.29, 0.717) is 18.0 Å². The Labute approximate surface area is 151 Å². The first-order chi connectivity index (χ1) is 12.4. The molecular weight excluding hydrogens is 344 g/mol. The van der Waals surface area contributed by atoms with E-state index in [1.165, 1.54) is 17.0 Å². The van der Waals surface area contributed by atoms with Crippen molar-refractivity contribution >= 4 is 5.91 Å². The molecule has 2 aromatic rings. The third-order valence-corrected chi connectivity index (χ3v) is 3.66. The summed E-state index contributed by atoms with van der Waals surface area (Å²) >= 11 is 0. The third-order valence-electron chi connectivity index (χ3n) is 3.66. The van der Waals surface area contributed by atoms with Gasteiger partial charge in [0, 0.05) is 13.6 Å². The molecule has 0 aromatic heterocycles. The van der Waals surface area contributed by atoms with Crippen LogP contribution < -0.4 is 14.2 Å². The number of halogens is 2. The first kappa shape index (κ1) is 19.5. The maximum Gasteiger partial charge on any atom is 0.387 e. The Hall–Kier alpha value is -2.83. The molecule has 0 aliphatic rings. The van der Waals surface area contributed by atoms with Crippen LogP contribution in [0, 0.1) is 0 Å². The van der Waals surface area contributed by atoms with Gasteiger partial charge in [0.05, 0.1) is 7.11 Å². The molecule has 0 heterocycles. The Bertz CT molecular complexity index is 704. The van der Waals surface area contributed by atoms with Crippen LogP contribution in [-0.4, -0.2) is 37.7 Å². The number of carbonyl (C=O) groups excluding carboxylic acids is 1. The number of nitrogens with zero attached hydrogens (tertiary/aromatic N) is 1. The fraction of sp³-hybridized carbons (Fsp3) is 0.316. The number of alkyl halides is 2. The van der Waals surface area contributed by atoms with E-state index in [0.717, 1.165) is 5.56 Å². The lowest BCUT2D eigenvalue weighted by Gasteiger charge is -2.22. The topological polar surface area (TPSA) is 48.0 Å². The number of methoxy groups -OCH3 is 1. The third kappa shape index (κ3) is 5.61. The van der Waals surface area contributed by atoms with E-state index in [4.69, 9.17) is 9.47 Å². The fourth-order valence-corrected chi connectivity index (χ4v) is 2.35. The number of ether oxygens (including phenoxy) is 3. The Morgan fingerprint density at radius 1 is 0.962 bits per heavy atom. The van der Waals surface area contributed by atoms with Crippen LogP contribution in [0.2, 0.25) is 0 Å². The van der Waals surface area contributed by atoms with Crippen molar-refractivity contribution in [2.24, 2.45) is 0 Å². The van der Waals surface area contributed by atoms with Gasteiger partial charge in [0.2, 0.25) is 0 Å². The number of hydrogen-bond acceptors (Lipinski definition) is 4. The molecule has 0 radical (unpaired) electrons. The molecule has 26 heavy (non-hydrogen) atoms. The van der Waals surface area contributed by atoms with Crippen molar-refractivity contribution in [3.63, 3.8) is 0 Å². The van der Waals surface area contributed by atoms with Gasteiger partial charge in [0.15, 0.2) is 6.10 Å². The van der Waals surface area contributed by atoms with Gasteiger partial charge in [-0.1, -0.05) is 12.1 Å². The molecule has 0 bridgehead atoms. The molecular formula is C19H21F2NO4. The summed E-state index contributed by atoms with van der Waals surface area (Å²) in [7, 11) is 3.23. The molecule has 0 fully saturated rings. The number of hydrogen-bond donors (Lipinski definition) is 0. The zero-order valence-electron chi connectivity index (χ0n) is 14.8.